The Morgan fingerprint density at radius 1 is 1.50 bits per heavy atom. The van der Waals surface area contributed by atoms with Crippen molar-refractivity contribution in [3.8, 4) is 5.75 Å². The van der Waals surface area contributed by atoms with Crippen molar-refractivity contribution < 1.29 is 9.84 Å². The highest BCUT2D eigenvalue weighted by molar-refractivity contribution is 5.63. The van der Waals surface area contributed by atoms with Crippen LogP contribution in [0.4, 0.5) is 11.4 Å². The zero-order valence-electron chi connectivity index (χ0n) is 8.89. The van der Waals surface area contributed by atoms with E-state index in [2.05, 4.69) is 4.85 Å². The minimum atomic E-state index is -0.620. The van der Waals surface area contributed by atoms with Gasteiger partial charge in [-0.3, -0.25) is 0 Å². The Bertz CT molecular complexity index is 387. The lowest BCUT2D eigenvalue weighted by molar-refractivity contribution is 0.102. The number of hydrogen-bond donors (Lipinski definition) is 3. The number of nitrogens with two attached hydrogens (primary N) is 2. The van der Waals surface area contributed by atoms with E-state index >= 15 is 0 Å². The average molecular weight is 221 g/mol. The fourth-order valence-electron chi connectivity index (χ4n) is 1.20. The number of ether oxygens (including phenoxy) is 1. The summed E-state index contributed by atoms with van der Waals surface area (Å²) in [5.74, 6) is 0.395. The number of aliphatic hydroxyl groups excluding tert-OH is 1. The Morgan fingerprint density at radius 3 is 2.88 bits per heavy atom. The number of nitrogen functional groups attached to an aromatic ring is 1. The maximum Gasteiger partial charge on any atom is 0.228 e. The van der Waals surface area contributed by atoms with Gasteiger partial charge in [0.2, 0.25) is 5.69 Å². The van der Waals surface area contributed by atoms with Crippen LogP contribution in [0.2, 0.25) is 0 Å². The van der Waals surface area contributed by atoms with Crippen molar-refractivity contribution >= 4 is 11.4 Å². The van der Waals surface area contributed by atoms with Gasteiger partial charge in [0, 0.05) is 5.69 Å². The van der Waals surface area contributed by atoms with Crippen molar-refractivity contribution in [2.75, 3.05) is 18.9 Å². The lowest BCUT2D eigenvalue weighted by Crippen LogP contribution is -2.21. The van der Waals surface area contributed by atoms with Gasteiger partial charge in [-0.05, 0) is 25.1 Å². The first-order chi connectivity index (χ1) is 7.67. The van der Waals surface area contributed by atoms with Gasteiger partial charge in [-0.15, -0.1) is 0 Å². The van der Waals surface area contributed by atoms with Crippen LogP contribution in [0.5, 0.6) is 5.75 Å². The van der Waals surface area contributed by atoms with Crippen molar-refractivity contribution in [2.24, 2.45) is 5.73 Å². The maximum absolute atomic E-state index is 9.43. The molecule has 1 unspecified atom stereocenters. The lowest BCUT2D eigenvalue weighted by atomic mass is 10.2. The standard InChI is InChI=1S/C11H15N3O2/c1-14-10-3-2-8(13)6-11(10)16-7-9(15)4-5-12/h2-3,6,9,15H,4-5,7,12-13H2. The van der Waals surface area contributed by atoms with E-state index in [9.17, 15) is 5.11 Å². The molecule has 5 nitrogen and oxygen atoms in total. The molecule has 0 aliphatic heterocycles. The van der Waals surface area contributed by atoms with Gasteiger partial charge in [-0.2, -0.15) is 0 Å². The Balaban J connectivity index is 2.66. The molecule has 1 aromatic carbocycles. The highest BCUT2D eigenvalue weighted by Crippen LogP contribution is 2.29. The van der Waals surface area contributed by atoms with Crippen LogP contribution in [0, 0.1) is 6.57 Å². The molecule has 0 bridgehead atoms. The highest BCUT2D eigenvalue weighted by atomic mass is 16.5. The second kappa shape index (κ2) is 5.95. The zero-order valence-corrected chi connectivity index (χ0v) is 8.89. The van der Waals surface area contributed by atoms with Crippen molar-refractivity contribution in [1.82, 2.24) is 0 Å². The van der Waals surface area contributed by atoms with Gasteiger partial charge in [0.15, 0.2) is 0 Å². The monoisotopic (exact) mass is 221 g/mol. The molecule has 1 rings (SSSR count). The number of rotatable bonds is 5. The summed E-state index contributed by atoms with van der Waals surface area (Å²) < 4.78 is 5.32. The molecule has 0 amide bonds. The van der Waals surface area contributed by atoms with Gasteiger partial charge in [-0.25, -0.2) is 4.85 Å². The van der Waals surface area contributed by atoms with Crippen LogP contribution >= 0.6 is 0 Å². The minimum Gasteiger partial charge on any atom is -0.502 e. The number of hydrogen-bond acceptors (Lipinski definition) is 4. The fraction of sp³-hybridized carbons (Fsp3) is 0.364. The summed E-state index contributed by atoms with van der Waals surface area (Å²) in [5, 5.41) is 9.43. The molecule has 86 valence electrons. The van der Waals surface area contributed by atoms with Crippen LogP contribution in [-0.4, -0.2) is 24.4 Å². The molecule has 5 heteroatoms. The van der Waals surface area contributed by atoms with E-state index in [0.717, 1.165) is 0 Å². The number of anilines is 1. The topological polar surface area (TPSA) is 85.9 Å². The summed E-state index contributed by atoms with van der Waals surface area (Å²) in [6.07, 6.45) is -0.152. The van der Waals surface area contributed by atoms with Crippen LogP contribution in [0.1, 0.15) is 6.42 Å². The smallest absolute Gasteiger partial charge is 0.228 e. The lowest BCUT2D eigenvalue weighted by Gasteiger charge is -2.12. The maximum atomic E-state index is 9.43. The Kier molecular flexibility index (Phi) is 4.58. The van der Waals surface area contributed by atoms with Crippen molar-refractivity contribution in [3.63, 3.8) is 0 Å². The van der Waals surface area contributed by atoms with Crippen molar-refractivity contribution in [3.05, 3.63) is 29.6 Å². The summed E-state index contributed by atoms with van der Waals surface area (Å²) in [4.78, 5) is 3.30. The zero-order chi connectivity index (χ0) is 12.0. The third-order valence-electron chi connectivity index (χ3n) is 2.04. The summed E-state index contributed by atoms with van der Waals surface area (Å²) in [6.45, 7) is 7.46. The molecule has 0 spiro atoms. The van der Waals surface area contributed by atoms with Gasteiger partial charge in [0.25, 0.3) is 0 Å². The molecule has 0 aromatic heterocycles. The van der Waals surface area contributed by atoms with E-state index in [-0.39, 0.29) is 6.61 Å². The van der Waals surface area contributed by atoms with E-state index in [1.54, 1.807) is 18.2 Å². The third kappa shape index (κ3) is 3.42. The molecule has 0 aliphatic rings. The Hall–Kier alpha value is -1.77. The molecule has 1 aromatic rings. The van der Waals surface area contributed by atoms with E-state index in [1.807, 2.05) is 0 Å². The fourth-order valence-corrected chi connectivity index (χ4v) is 1.20. The molecule has 0 heterocycles. The van der Waals surface area contributed by atoms with Gasteiger partial charge in [0.05, 0.1) is 12.7 Å². The van der Waals surface area contributed by atoms with Crippen molar-refractivity contribution in [2.45, 2.75) is 12.5 Å². The second-order valence-electron chi connectivity index (χ2n) is 3.38. The molecule has 0 radical (unpaired) electrons. The van der Waals surface area contributed by atoms with E-state index in [4.69, 9.17) is 22.8 Å². The summed E-state index contributed by atoms with van der Waals surface area (Å²) >= 11 is 0. The predicted octanol–water partition coefficient (Wildman–Crippen LogP) is 0.908. The summed E-state index contributed by atoms with van der Waals surface area (Å²) in [5.41, 5.74) is 11.8. The quantitative estimate of drug-likeness (QED) is 0.509. The van der Waals surface area contributed by atoms with Crippen molar-refractivity contribution in [1.29, 1.82) is 0 Å². The summed E-state index contributed by atoms with van der Waals surface area (Å²) in [6, 6.07) is 4.80. The van der Waals surface area contributed by atoms with Crippen LogP contribution < -0.4 is 16.2 Å². The largest absolute Gasteiger partial charge is 0.502 e. The van der Waals surface area contributed by atoms with Crippen LogP contribution in [0.25, 0.3) is 4.85 Å². The van der Waals surface area contributed by atoms with Gasteiger partial charge in [0.1, 0.15) is 12.4 Å². The Morgan fingerprint density at radius 2 is 2.25 bits per heavy atom. The highest BCUT2D eigenvalue weighted by Gasteiger charge is 2.07. The number of nitrogens with zero attached hydrogens (tertiary/aromatic N) is 1. The predicted molar refractivity (Wildman–Crippen MR) is 62.3 cm³/mol. The van der Waals surface area contributed by atoms with E-state index in [0.29, 0.717) is 30.1 Å². The Labute approximate surface area is 94.4 Å². The number of benzene rings is 1. The molecule has 0 aliphatic carbocycles. The van der Waals surface area contributed by atoms with Gasteiger partial charge < -0.3 is 21.3 Å². The third-order valence-corrected chi connectivity index (χ3v) is 2.04. The second-order valence-corrected chi connectivity index (χ2v) is 3.38. The van der Waals surface area contributed by atoms with E-state index in [1.165, 1.54) is 0 Å². The first-order valence-corrected chi connectivity index (χ1v) is 4.95. The van der Waals surface area contributed by atoms with Gasteiger partial charge >= 0.3 is 0 Å². The molecule has 5 N–H and O–H groups in total. The van der Waals surface area contributed by atoms with E-state index < -0.39 is 6.10 Å². The molecule has 0 saturated heterocycles. The molecule has 1 atom stereocenters. The van der Waals surface area contributed by atoms with Gasteiger partial charge in [-0.1, -0.05) is 6.07 Å². The molecule has 16 heavy (non-hydrogen) atoms. The van der Waals surface area contributed by atoms with Crippen LogP contribution in [-0.2, 0) is 0 Å². The average Bonchev–Trinajstić information content (AvgIpc) is 2.27. The molecule has 0 fully saturated rings. The molecular formula is C11H15N3O2. The number of aliphatic hydroxyl groups is 1. The SMILES string of the molecule is [C-]#[N+]c1ccc(N)cc1OCC(O)CCN. The van der Waals surface area contributed by atoms with Crippen LogP contribution in [0.3, 0.4) is 0 Å². The first kappa shape index (κ1) is 12.3. The minimum absolute atomic E-state index is 0.114. The first-order valence-electron chi connectivity index (χ1n) is 4.95. The normalized spacial score (nSPS) is 11.8. The van der Waals surface area contributed by atoms with Crippen LogP contribution in [0.15, 0.2) is 18.2 Å². The molecular weight excluding hydrogens is 206 g/mol. The summed E-state index contributed by atoms with van der Waals surface area (Å²) in [7, 11) is 0. The molecule has 0 saturated carbocycles.